The number of nitrogens with zero attached hydrogens (tertiary/aromatic N) is 2. The molecule has 0 aromatic heterocycles. The van der Waals surface area contributed by atoms with Gasteiger partial charge < -0.3 is 20.1 Å². The van der Waals surface area contributed by atoms with Crippen molar-refractivity contribution in [3.05, 3.63) is 64.7 Å². The van der Waals surface area contributed by atoms with E-state index in [9.17, 15) is 24.0 Å². The standard InChI is InChI=1S/C23H20N4O7/c1-23(16-6-4-5-13(7-16)11-24)21(31)27(22(32)26-23)12-18(28)25-17-9-14(19(29)33-2)8-15(10-17)20(30)34-3/h4-10H,12H2,1-3H3,(H,25,28)(H,26,32). The monoisotopic (exact) mass is 464 g/mol. The highest BCUT2D eigenvalue weighted by molar-refractivity contribution is 6.10. The minimum absolute atomic E-state index is 0.0133. The Bertz CT molecular complexity index is 1220. The normalized spacial score (nSPS) is 16.9. The second-order valence-electron chi connectivity index (χ2n) is 7.47. The van der Waals surface area contributed by atoms with Gasteiger partial charge in [-0.3, -0.25) is 14.5 Å². The summed E-state index contributed by atoms with van der Waals surface area (Å²) in [5.74, 6) is -2.92. The summed E-state index contributed by atoms with van der Waals surface area (Å²) in [6.07, 6.45) is 0. The minimum Gasteiger partial charge on any atom is -0.465 e. The van der Waals surface area contributed by atoms with E-state index in [4.69, 9.17) is 5.26 Å². The van der Waals surface area contributed by atoms with Crippen molar-refractivity contribution < 1.29 is 33.4 Å². The van der Waals surface area contributed by atoms with E-state index in [0.717, 1.165) is 19.1 Å². The van der Waals surface area contributed by atoms with E-state index in [-0.39, 0.29) is 16.8 Å². The minimum atomic E-state index is -1.47. The molecule has 0 radical (unpaired) electrons. The van der Waals surface area contributed by atoms with Gasteiger partial charge in [-0.25, -0.2) is 14.4 Å². The molecule has 3 rings (SSSR count). The fourth-order valence-electron chi connectivity index (χ4n) is 3.45. The molecule has 174 valence electrons. The van der Waals surface area contributed by atoms with Crippen molar-refractivity contribution in [2.24, 2.45) is 0 Å². The summed E-state index contributed by atoms with van der Waals surface area (Å²) in [6, 6.07) is 11.2. The fraction of sp³-hybridized carbons (Fsp3) is 0.217. The third-order valence-corrected chi connectivity index (χ3v) is 5.20. The molecule has 0 spiro atoms. The topological polar surface area (TPSA) is 155 Å². The first-order valence-electron chi connectivity index (χ1n) is 9.89. The van der Waals surface area contributed by atoms with Crippen molar-refractivity contribution in [1.29, 1.82) is 5.26 Å². The van der Waals surface area contributed by atoms with Crippen LogP contribution in [0.3, 0.4) is 0 Å². The number of hydrogen-bond donors (Lipinski definition) is 2. The van der Waals surface area contributed by atoms with Crippen LogP contribution in [0.15, 0.2) is 42.5 Å². The van der Waals surface area contributed by atoms with Crippen molar-refractivity contribution in [2.45, 2.75) is 12.5 Å². The molecule has 2 aromatic carbocycles. The number of benzene rings is 2. The Hall–Kier alpha value is -4.72. The first-order valence-corrected chi connectivity index (χ1v) is 9.89. The molecule has 1 heterocycles. The number of ether oxygens (including phenoxy) is 2. The number of nitriles is 1. The second-order valence-corrected chi connectivity index (χ2v) is 7.47. The third kappa shape index (κ3) is 4.56. The van der Waals surface area contributed by atoms with E-state index in [1.807, 2.05) is 6.07 Å². The molecule has 0 bridgehead atoms. The van der Waals surface area contributed by atoms with Crippen LogP contribution in [-0.2, 0) is 24.6 Å². The Morgan fingerprint density at radius 3 is 2.24 bits per heavy atom. The summed E-state index contributed by atoms with van der Waals surface area (Å²) in [6.45, 7) is 0.846. The van der Waals surface area contributed by atoms with Crippen LogP contribution >= 0.6 is 0 Å². The summed E-state index contributed by atoms with van der Waals surface area (Å²) < 4.78 is 9.30. The predicted molar refractivity (Wildman–Crippen MR) is 117 cm³/mol. The number of esters is 2. The molecule has 1 saturated heterocycles. The zero-order valence-electron chi connectivity index (χ0n) is 18.5. The van der Waals surface area contributed by atoms with Crippen LogP contribution in [0, 0.1) is 11.3 Å². The SMILES string of the molecule is COC(=O)c1cc(NC(=O)CN2C(=O)NC(C)(c3cccc(C#N)c3)C2=O)cc(C(=O)OC)c1. The van der Waals surface area contributed by atoms with Gasteiger partial charge in [0.1, 0.15) is 12.1 Å². The highest BCUT2D eigenvalue weighted by Gasteiger charge is 2.49. The molecule has 1 fully saturated rings. The summed E-state index contributed by atoms with van der Waals surface area (Å²) in [4.78, 5) is 62.8. The lowest BCUT2D eigenvalue weighted by Crippen LogP contribution is -2.42. The molecule has 0 aliphatic carbocycles. The first-order chi connectivity index (χ1) is 16.1. The van der Waals surface area contributed by atoms with Crippen LogP contribution in [-0.4, -0.2) is 55.4 Å². The number of carbonyl (C=O) groups excluding carboxylic acids is 5. The average molecular weight is 464 g/mol. The fourth-order valence-corrected chi connectivity index (χ4v) is 3.45. The number of carbonyl (C=O) groups is 5. The maximum absolute atomic E-state index is 13.0. The molecule has 4 amide bonds. The number of imide groups is 1. The molecule has 2 N–H and O–H groups in total. The molecule has 2 aromatic rings. The van der Waals surface area contributed by atoms with Crippen LogP contribution in [0.2, 0.25) is 0 Å². The Kier molecular flexibility index (Phi) is 6.63. The smallest absolute Gasteiger partial charge is 0.337 e. The van der Waals surface area contributed by atoms with Gasteiger partial charge in [0.15, 0.2) is 0 Å². The van der Waals surface area contributed by atoms with Crippen LogP contribution in [0.4, 0.5) is 10.5 Å². The van der Waals surface area contributed by atoms with Gasteiger partial charge in [-0.15, -0.1) is 0 Å². The molecule has 11 nitrogen and oxygen atoms in total. The van der Waals surface area contributed by atoms with E-state index in [0.29, 0.717) is 11.1 Å². The maximum atomic E-state index is 13.0. The van der Waals surface area contributed by atoms with Gasteiger partial charge in [0.25, 0.3) is 5.91 Å². The highest BCUT2D eigenvalue weighted by atomic mass is 16.5. The van der Waals surface area contributed by atoms with Crippen molar-refractivity contribution >= 4 is 35.5 Å². The average Bonchev–Trinajstić information content (AvgIpc) is 3.06. The first kappa shape index (κ1) is 23.9. The van der Waals surface area contributed by atoms with Crippen LogP contribution in [0.25, 0.3) is 0 Å². The maximum Gasteiger partial charge on any atom is 0.337 e. The Labute approximate surface area is 194 Å². The number of nitrogens with one attached hydrogen (secondary N) is 2. The molecular formula is C23H20N4O7. The summed E-state index contributed by atoms with van der Waals surface area (Å²) in [5.41, 5.74) is -0.733. The quantitative estimate of drug-likeness (QED) is 0.482. The Morgan fingerprint density at radius 1 is 1.06 bits per heavy atom. The van der Waals surface area contributed by atoms with Gasteiger partial charge in [0, 0.05) is 5.69 Å². The number of hydrogen-bond acceptors (Lipinski definition) is 8. The summed E-state index contributed by atoms with van der Waals surface area (Å²) in [7, 11) is 2.32. The van der Waals surface area contributed by atoms with Crippen molar-refractivity contribution in [3.8, 4) is 6.07 Å². The highest BCUT2D eigenvalue weighted by Crippen LogP contribution is 2.29. The molecule has 1 aliphatic rings. The van der Waals surface area contributed by atoms with Gasteiger partial charge in [0.2, 0.25) is 5.91 Å². The molecule has 11 heteroatoms. The van der Waals surface area contributed by atoms with Crippen LogP contribution in [0.1, 0.15) is 38.8 Å². The number of urea groups is 1. The predicted octanol–water partition coefficient (Wildman–Crippen LogP) is 1.54. The Morgan fingerprint density at radius 2 is 1.68 bits per heavy atom. The van der Waals surface area contributed by atoms with E-state index in [1.54, 1.807) is 18.2 Å². The van der Waals surface area contributed by atoms with Crippen molar-refractivity contribution in [3.63, 3.8) is 0 Å². The van der Waals surface area contributed by atoms with E-state index in [2.05, 4.69) is 20.1 Å². The van der Waals surface area contributed by atoms with E-state index in [1.165, 1.54) is 31.2 Å². The number of amides is 4. The van der Waals surface area contributed by atoms with E-state index >= 15 is 0 Å². The van der Waals surface area contributed by atoms with Crippen molar-refractivity contribution in [2.75, 3.05) is 26.1 Å². The van der Waals surface area contributed by atoms with Crippen LogP contribution in [0.5, 0.6) is 0 Å². The van der Waals surface area contributed by atoms with Crippen molar-refractivity contribution in [1.82, 2.24) is 10.2 Å². The zero-order chi connectivity index (χ0) is 25.0. The second kappa shape index (κ2) is 9.41. The van der Waals surface area contributed by atoms with Crippen LogP contribution < -0.4 is 10.6 Å². The summed E-state index contributed by atoms with van der Waals surface area (Å²) >= 11 is 0. The molecule has 34 heavy (non-hydrogen) atoms. The van der Waals surface area contributed by atoms with Gasteiger partial charge in [0.05, 0.1) is 37.0 Å². The zero-order valence-corrected chi connectivity index (χ0v) is 18.5. The van der Waals surface area contributed by atoms with Gasteiger partial charge in [-0.05, 0) is 42.8 Å². The van der Waals surface area contributed by atoms with Gasteiger partial charge in [-0.2, -0.15) is 5.26 Å². The third-order valence-electron chi connectivity index (χ3n) is 5.20. The number of rotatable bonds is 6. The Balaban J connectivity index is 1.81. The molecular weight excluding hydrogens is 444 g/mol. The van der Waals surface area contributed by atoms with E-state index < -0.39 is 41.9 Å². The molecule has 1 unspecified atom stereocenters. The number of anilines is 1. The lowest BCUT2D eigenvalue weighted by atomic mass is 9.91. The lowest BCUT2D eigenvalue weighted by molar-refractivity contribution is -0.133. The molecule has 1 atom stereocenters. The largest absolute Gasteiger partial charge is 0.465 e. The summed E-state index contributed by atoms with van der Waals surface area (Å²) in [5, 5.41) is 14.1. The van der Waals surface area contributed by atoms with Gasteiger partial charge in [-0.1, -0.05) is 12.1 Å². The van der Waals surface area contributed by atoms with Gasteiger partial charge >= 0.3 is 18.0 Å². The molecule has 1 aliphatic heterocycles. The number of methoxy groups -OCH3 is 2. The lowest BCUT2D eigenvalue weighted by Gasteiger charge is -2.22. The molecule has 0 saturated carbocycles.